The Kier molecular flexibility index (Phi) is 4.58. The molecular formula is C20H20N4O3. The van der Waals surface area contributed by atoms with Gasteiger partial charge in [-0.15, -0.1) is 0 Å². The summed E-state index contributed by atoms with van der Waals surface area (Å²) in [6.07, 6.45) is 3.22. The van der Waals surface area contributed by atoms with Gasteiger partial charge in [0.25, 0.3) is 5.91 Å². The van der Waals surface area contributed by atoms with Crippen molar-refractivity contribution in [3.8, 4) is 17.3 Å². The van der Waals surface area contributed by atoms with E-state index in [9.17, 15) is 4.79 Å². The molecule has 27 heavy (non-hydrogen) atoms. The van der Waals surface area contributed by atoms with Crippen molar-refractivity contribution in [2.75, 3.05) is 13.7 Å². The summed E-state index contributed by atoms with van der Waals surface area (Å²) in [5.41, 5.74) is 2.55. The molecule has 0 spiro atoms. The first-order chi connectivity index (χ1) is 13.2. The van der Waals surface area contributed by atoms with Crippen LogP contribution in [-0.2, 0) is 0 Å². The van der Waals surface area contributed by atoms with Crippen LogP contribution < -0.4 is 4.74 Å². The van der Waals surface area contributed by atoms with E-state index >= 15 is 0 Å². The maximum absolute atomic E-state index is 12.9. The molecule has 1 aliphatic heterocycles. The molecule has 7 heteroatoms. The van der Waals surface area contributed by atoms with Gasteiger partial charge in [-0.25, -0.2) is 4.98 Å². The molecule has 1 amide bonds. The second-order valence-corrected chi connectivity index (χ2v) is 6.57. The summed E-state index contributed by atoms with van der Waals surface area (Å²) >= 11 is 0. The minimum absolute atomic E-state index is 0.0945. The quantitative estimate of drug-likeness (QED) is 0.705. The van der Waals surface area contributed by atoms with Crippen LogP contribution in [0, 0.1) is 6.92 Å². The summed E-state index contributed by atoms with van der Waals surface area (Å²) in [4.78, 5) is 23.4. The van der Waals surface area contributed by atoms with E-state index < -0.39 is 0 Å². The monoisotopic (exact) mass is 364 g/mol. The van der Waals surface area contributed by atoms with Gasteiger partial charge in [0.05, 0.1) is 12.7 Å². The summed E-state index contributed by atoms with van der Waals surface area (Å²) in [6, 6.07) is 11.1. The molecule has 1 saturated heterocycles. The third-order valence-electron chi connectivity index (χ3n) is 4.71. The molecule has 0 unspecified atom stereocenters. The first kappa shape index (κ1) is 17.2. The van der Waals surface area contributed by atoms with Crippen LogP contribution >= 0.6 is 0 Å². The Hall–Kier alpha value is -3.22. The lowest BCUT2D eigenvalue weighted by molar-refractivity contribution is 0.0709. The van der Waals surface area contributed by atoms with Crippen LogP contribution in [0.4, 0.5) is 0 Å². The van der Waals surface area contributed by atoms with E-state index in [-0.39, 0.29) is 11.9 Å². The highest BCUT2D eigenvalue weighted by molar-refractivity contribution is 5.94. The number of hydrogen-bond donors (Lipinski definition) is 0. The third kappa shape index (κ3) is 3.40. The molecule has 0 bridgehead atoms. The molecule has 1 fully saturated rings. The number of nitrogens with zero attached hydrogens (tertiary/aromatic N) is 4. The van der Waals surface area contributed by atoms with E-state index in [1.165, 1.54) is 6.20 Å². The topological polar surface area (TPSA) is 81.4 Å². The molecule has 7 nitrogen and oxygen atoms in total. The Morgan fingerprint density at radius 2 is 2.19 bits per heavy atom. The van der Waals surface area contributed by atoms with Crippen LogP contribution in [-0.4, -0.2) is 39.6 Å². The Balaban J connectivity index is 1.57. The van der Waals surface area contributed by atoms with Gasteiger partial charge in [0.1, 0.15) is 6.04 Å². The molecule has 1 aliphatic rings. The SMILES string of the molecule is COc1ccc(C(=O)N2CCC[C@H]2c2nc(-c3cccc(C)c3)no2)cn1. The number of amides is 1. The van der Waals surface area contributed by atoms with E-state index in [0.29, 0.717) is 29.7 Å². The van der Waals surface area contributed by atoms with Gasteiger partial charge in [-0.2, -0.15) is 4.98 Å². The lowest BCUT2D eigenvalue weighted by Gasteiger charge is -2.21. The maximum Gasteiger partial charge on any atom is 0.256 e. The van der Waals surface area contributed by atoms with Gasteiger partial charge >= 0.3 is 0 Å². The number of aromatic nitrogens is 3. The molecule has 0 aliphatic carbocycles. The first-order valence-electron chi connectivity index (χ1n) is 8.87. The van der Waals surface area contributed by atoms with Gasteiger partial charge in [-0.3, -0.25) is 4.79 Å². The summed E-state index contributed by atoms with van der Waals surface area (Å²) in [7, 11) is 1.54. The normalized spacial score (nSPS) is 16.5. The zero-order chi connectivity index (χ0) is 18.8. The fourth-order valence-corrected chi connectivity index (χ4v) is 3.33. The largest absolute Gasteiger partial charge is 0.481 e. The predicted molar refractivity (Wildman–Crippen MR) is 98.3 cm³/mol. The van der Waals surface area contributed by atoms with Gasteiger partial charge in [0, 0.05) is 24.4 Å². The van der Waals surface area contributed by atoms with Crippen LogP contribution in [0.5, 0.6) is 5.88 Å². The molecule has 0 saturated carbocycles. The molecule has 3 heterocycles. The van der Waals surface area contributed by atoms with E-state index in [1.807, 2.05) is 31.2 Å². The van der Waals surface area contributed by atoms with Crippen molar-refractivity contribution < 1.29 is 14.1 Å². The lowest BCUT2D eigenvalue weighted by atomic mass is 10.1. The van der Waals surface area contributed by atoms with Gasteiger partial charge < -0.3 is 14.2 Å². The Morgan fingerprint density at radius 3 is 2.93 bits per heavy atom. The second kappa shape index (κ2) is 7.19. The number of methoxy groups -OCH3 is 1. The molecule has 4 rings (SSSR count). The van der Waals surface area contributed by atoms with Crippen molar-refractivity contribution in [3.63, 3.8) is 0 Å². The number of ether oxygens (including phenoxy) is 1. The number of carbonyl (C=O) groups is 1. The Morgan fingerprint density at radius 1 is 1.30 bits per heavy atom. The standard InChI is InChI=1S/C20H20N4O3/c1-13-5-3-6-14(11-13)18-22-19(27-23-18)16-7-4-10-24(16)20(25)15-8-9-17(26-2)21-12-15/h3,5-6,8-9,11-12,16H,4,7,10H2,1-2H3/t16-/m0/s1. The van der Waals surface area contributed by atoms with Gasteiger partial charge in [0.2, 0.25) is 17.6 Å². The van der Waals surface area contributed by atoms with Crippen molar-refractivity contribution in [1.29, 1.82) is 0 Å². The zero-order valence-electron chi connectivity index (χ0n) is 15.3. The molecular weight excluding hydrogens is 344 g/mol. The summed E-state index contributed by atoms with van der Waals surface area (Å²) in [5, 5.41) is 4.11. The molecule has 3 aromatic rings. The van der Waals surface area contributed by atoms with E-state index in [0.717, 1.165) is 24.0 Å². The minimum Gasteiger partial charge on any atom is -0.481 e. The molecule has 1 aromatic carbocycles. The summed E-state index contributed by atoms with van der Waals surface area (Å²) < 4.78 is 10.6. The van der Waals surface area contributed by atoms with Crippen molar-refractivity contribution >= 4 is 5.91 Å². The lowest BCUT2D eigenvalue weighted by Crippen LogP contribution is -2.30. The van der Waals surface area contributed by atoms with Crippen LogP contribution in [0.15, 0.2) is 47.1 Å². The number of carbonyl (C=O) groups excluding carboxylic acids is 1. The number of benzene rings is 1. The predicted octanol–water partition coefficient (Wildman–Crippen LogP) is 3.43. The van der Waals surface area contributed by atoms with Crippen LogP contribution in [0.2, 0.25) is 0 Å². The van der Waals surface area contributed by atoms with Crippen molar-refractivity contribution in [3.05, 3.63) is 59.6 Å². The summed E-state index contributed by atoms with van der Waals surface area (Å²) in [6.45, 7) is 2.67. The number of likely N-dealkylation sites (tertiary alicyclic amines) is 1. The highest BCUT2D eigenvalue weighted by atomic mass is 16.5. The highest BCUT2D eigenvalue weighted by Gasteiger charge is 2.34. The second-order valence-electron chi connectivity index (χ2n) is 6.57. The molecule has 2 aromatic heterocycles. The van der Waals surface area contributed by atoms with Crippen molar-refractivity contribution in [2.45, 2.75) is 25.8 Å². The third-order valence-corrected chi connectivity index (χ3v) is 4.71. The highest BCUT2D eigenvalue weighted by Crippen LogP contribution is 2.33. The molecule has 0 radical (unpaired) electrons. The maximum atomic E-state index is 12.9. The fraction of sp³-hybridized carbons (Fsp3) is 0.300. The molecule has 1 atom stereocenters. The van der Waals surface area contributed by atoms with Crippen molar-refractivity contribution in [2.24, 2.45) is 0 Å². The number of pyridine rings is 1. The van der Waals surface area contributed by atoms with Gasteiger partial charge in [-0.1, -0.05) is 28.9 Å². The van der Waals surface area contributed by atoms with Gasteiger partial charge in [-0.05, 0) is 31.9 Å². The Bertz CT molecular complexity index is 952. The van der Waals surface area contributed by atoms with Crippen molar-refractivity contribution in [1.82, 2.24) is 20.0 Å². The molecule has 138 valence electrons. The first-order valence-corrected chi connectivity index (χ1v) is 8.87. The van der Waals surface area contributed by atoms with E-state index in [4.69, 9.17) is 9.26 Å². The van der Waals surface area contributed by atoms with E-state index in [1.54, 1.807) is 24.1 Å². The van der Waals surface area contributed by atoms with Crippen LogP contribution in [0.3, 0.4) is 0 Å². The van der Waals surface area contributed by atoms with Gasteiger partial charge in [0.15, 0.2) is 0 Å². The fourth-order valence-electron chi connectivity index (χ4n) is 3.33. The van der Waals surface area contributed by atoms with Crippen LogP contribution in [0.1, 0.15) is 40.7 Å². The Labute approximate surface area is 157 Å². The zero-order valence-corrected chi connectivity index (χ0v) is 15.3. The van der Waals surface area contributed by atoms with Crippen LogP contribution in [0.25, 0.3) is 11.4 Å². The molecule has 0 N–H and O–H groups in total. The average molecular weight is 364 g/mol. The van der Waals surface area contributed by atoms with E-state index in [2.05, 4.69) is 15.1 Å². The number of hydrogen-bond acceptors (Lipinski definition) is 6. The minimum atomic E-state index is -0.217. The number of aryl methyl sites for hydroxylation is 1. The number of rotatable bonds is 4. The summed E-state index contributed by atoms with van der Waals surface area (Å²) in [5.74, 6) is 1.39. The average Bonchev–Trinajstić information content (AvgIpc) is 3.37. The smallest absolute Gasteiger partial charge is 0.256 e.